The molecule has 0 aliphatic carbocycles. The highest BCUT2D eigenvalue weighted by Crippen LogP contribution is 2.32. The van der Waals surface area contributed by atoms with Gasteiger partial charge in [0.2, 0.25) is 0 Å². The molecule has 1 atom stereocenters. The minimum absolute atomic E-state index is 0.295. The Morgan fingerprint density at radius 3 is 1.93 bits per heavy atom. The Hall–Kier alpha value is -0.0400. The Kier molecular flexibility index (Phi) is 5.14. The molecule has 0 aromatic rings. The summed E-state index contributed by atoms with van der Waals surface area (Å²) in [6.07, 6.45) is 5.13. The van der Waals surface area contributed by atoms with E-state index in [9.17, 15) is 0 Å². The fraction of sp³-hybridized carbons (Fsp3) is 1.00. The van der Waals surface area contributed by atoms with Crippen molar-refractivity contribution in [1.82, 2.24) is 0 Å². The zero-order valence-corrected chi connectivity index (χ0v) is 11.0. The van der Waals surface area contributed by atoms with Gasteiger partial charge in [0.05, 0.1) is 0 Å². The van der Waals surface area contributed by atoms with Crippen LogP contribution in [0.25, 0.3) is 0 Å². The van der Waals surface area contributed by atoms with Crippen LogP contribution in [0, 0.1) is 10.8 Å². The van der Waals surface area contributed by atoms with Crippen molar-refractivity contribution in [2.24, 2.45) is 16.6 Å². The molecular formula is C13H29N. The maximum absolute atomic E-state index is 5.95. The van der Waals surface area contributed by atoms with Gasteiger partial charge in [-0.05, 0) is 30.6 Å². The summed E-state index contributed by atoms with van der Waals surface area (Å²) in [6, 6.07) is 0.298. The van der Waals surface area contributed by atoms with Crippen molar-refractivity contribution in [3.8, 4) is 0 Å². The molecule has 0 aromatic heterocycles. The average molecular weight is 199 g/mol. The summed E-state index contributed by atoms with van der Waals surface area (Å²) in [7, 11) is 0. The van der Waals surface area contributed by atoms with Gasteiger partial charge in [-0.3, -0.25) is 0 Å². The van der Waals surface area contributed by atoms with E-state index in [4.69, 9.17) is 5.73 Å². The van der Waals surface area contributed by atoms with Crippen LogP contribution in [0.4, 0.5) is 0 Å². The molecule has 1 unspecified atom stereocenters. The topological polar surface area (TPSA) is 26.0 Å². The van der Waals surface area contributed by atoms with Crippen LogP contribution in [0.1, 0.15) is 67.2 Å². The van der Waals surface area contributed by atoms with E-state index in [1.807, 2.05) is 0 Å². The lowest BCUT2D eigenvalue weighted by molar-refractivity contribution is 0.234. The van der Waals surface area contributed by atoms with Gasteiger partial charge in [-0.15, -0.1) is 0 Å². The summed E-state index contributed by atoms with van der Waals surface area (Å²) in [5.41, 5.74) is 6.76. The van der Waals surface area contributed by atoms with E-state index in [1.165, 1.54) is 25.7 Å². The molecular weight excluding hydrogens is 170 g/mol. The molecule has 2 N–H and O–H groups in total. The first kappa shape index (κ1) is 14.0. The lowest BCUT2D eigenvalue weighted by Crippen LogP contribution is -2.34. The van der Waals surface area contributed by atoms with Crippen LogP contribution in [0.15, 0.2) is 0 Å². The zero-order chi connectivity index (χ0) is 11.4. The number of hydrogen-bond donors (Lipinski definition) is 1. The quantitative estimate of drug-likeness (QED) is 0.688. The van der Waals surface area contributed by atoms with Gasteiger partial charge in [-0.25, -0.2) is 0 Å². The molecule has 0 aliphatic heterocycles. The molecule has 86 valence electrons. The third kappa shape index (κ3) is 4.99. The van der Waals surface area contributed by atoms with Crippen LogP contribution < -0.4 is 5.73 Å². The Morgan fingerprint density at radius 1 is 1.07 bits per heavy atom. The van der Waals surface area contributed by atoms with Crippen LogP contribution in [-0.2, 0) is 0 Å². The molecule has 0 saturated carbocycles. The van der Waals surface area contributed by atoms with Gasteiger partial charge >= 0.3 is 0 Å². The minimum atomic E-state index is 0.295. The molecule has 0 heterocycles. The Labute approximate surface area is 90.5 Å². The first-order valence-corrected chi connectivity index (χ1v) is 5.97. The standard InChI is InChI=1S/C13H29N/c1-7-12(3,4)9-8-10-13(5,6)11(2)14/h11H,7-10,14H2,1-6H3. The second-order valence-corrected chi connectivity index (χ2v) is 6.15. The van der Waals surface area contributed by atoms with Crippen molar-refractivity contribution in [3.63, 3.8) is 0 Å². The normalized spacial score (nSPS) is 15.6. The fourth-order valence-corrected chi connectivity index (χ4v) is 1.43. The molecule has 0 radical (unpaired) electrons. The molecule has 1 heteroatoms. The second-order valence-electron chi connectivity index (χ2n) is 6.15. The van der Waals surface area contributed by atoms with Crippen molar-refractivity contribution >= 4 is 0 Å². The maximum atomic E-state index is 5.95. The summed E-state index contributed by atoms with van der Waals surface area (Å²) in [5, 5.41) is 0. The van der Waals surface area contributed by atoms with Crippen LogP contribution in [0.5, 0.6) is 0 Å². The molecule has 1 nitrogen and oxygen atoms in total. The maximum Gasteiger partial charge on any atom is 0.00617 e. The minimum Gasteiger partial charge on any atom is -0.327 e. The van der Waals surface area contributed by atoms with E-state index in [1.54, 1.807) is 0 Å². The number of rotatable bonds is 6. The third-order valence-corrected chi connectivity index (χ3v) is 3.86. The van der Waals surface area contributed by atoms with Crippen molar-refractivity contribution in [2.45, 2.75) is 73.3 Å². The van der Waals surface area contributed by atoms with Gasteiger partial charge in [-0.1, -0.05) is 47.5 Å². The molecule has 14 heavy (non-hydrogen) atoms. The molecule has 0 amide bonds. The van der Waals surface area contributed by atoms with Crippen molar-refractivity contribution < 1.29 is 0 Å². The highest BCUT2D eigenvalue weighted by Gasteiger charge is 2.23. The van der Waals surface area contributed by atoms with E-state index in [0.717, 1.165) is 0 Å². The van der Waals surface area contributed by atoms with E-state index in [0.29, 0.717) is 16.9 Å². The van der Waals surface area contributed by atoms with Crippen molar-refractivity contribution in [3.05, 3.63) is 0 Å². The first-order chi connectivity index (χ1) is 6.21. The summed E-state index contributed by atoms with van der Waals surface area (Å²) >= 11 is 0. The lowest BCUT2D eigenvalue weighted by atomic mass is 9.77. The van der Waals surface area contributed by atoms with E-state index >= 15 is 0 Å². The largest absolute Gasteiger partial charge is 0.327 e. The highest BCUT2D eigenvalue weighted by molar-refractivity contribution is 4.78. The predicted octanol–water partition coefficient (Wildman–Crippen LogP) is 3.97. The van der Waals surface area contributed by atoms with Gasteiger partial charge in [0, 0.05) is 6.04 Å². The Bertz CT molecular complexity index is 157. The first-order valence-electron chi connectivity index (χ1n) is 5.97. The van der Waals surface area contributed by atoms with Crippen LogP contribution in [0.3, 0.4) is 0 Å². The number of nitrogens with two attached hydrogens (primary N) is 1. The molecule has 0 fully saturated rings. The van der Waals surface area contributed by atoms with E-state index in [-0.39, 0.29) is 0 Å². The molecule has 0 bridgehead atoms. The highest BCUT2D eigenvalue weighted by atomic mass is 14.7. The second kappa shape index (κ2) is 5.16. The smallest absolute Gasteiger partial charge is 0.00617 e. The van der Waals surface area contributed by atoms with Gasteiger partial charge in [0.15, 0.2) is 0 Å². The fourth-order valence-electron chi connectivity index (χ4n) is 1.43. The SMILES string of the molecule is CCC(C)(C)CCCC(C)(C)C(C)N. The van der Waals surface area contributed by atoms with E-state index < -0.39 is 0 Å². The Morgan fingerprint density at radius 2 is 1.57 bits per heavy atom. The summed E-state index contributed by atoms with van der Waals surface area (Å²) in [5.74, 6) is 0. The monoisotopic (exact) mass is 199 g/mol. The van der Waals surface area contributed by atoms with Gasteiger partial charge < -0.3 is 5.73 Å². The molecule has 0 saturated heterocycles. The predicted molar refractivity (Wildman–Crippen MR) is 65.4 cm³/mol. The van der Waals surface area contributed by atoms with Crippen molar-refractivity contribution in [1.29, 1.82) is 0 Å². The van der Waals surface area contributed by atoms with Gasteiger partial charge in [-0.2, -0.15) is 0 Å². The molecule has 0 spiro atoms. The van der Waals surface area contributed by atoms with Crippen LogP contribution >= 0.6 is 0 Å². The van der Waals surface area contributed by atoms with Gasteiger partial charge in [0.1, 0.15) is 0 Å². The third-order valence-electron chi connectivity index (χ3n) is 3.86. The zero-order valence-electron chi connectivity index (χ0n) is 11.0. The molecule has 0 aliphatic rings. The van der Waals surface area contributed by atoms with E-state index in [2.05, 4.69) is 41.5 Å². The Balaban J connectivity index is 3.85. The summed E-state index contributed by atoms with van der Waals surface area (Å²) in [6.45, 7) is 13.6. The lowest BCUT2D eigenvalue weighted by Gasteiger charge is -2.31. The van der Waals surface area contributed by atoms with Crippen molar-refractivity contribution in [2.75, 3.05) is 0 Å². The molecule has 0 rings (SSSR count). The summed E-state index contributed by atoms with van der Waals surface area (Å²) < 4.78 is 0. The van der Waals surface area contributed by atoms with Crippen LogP contribution in [0.2, 0.25) is 0 Å². The molecule has 0 aromatic carbocycles. The summed E-state index contributed by atoms with van der Waals surface area (Å²) in [4.78, 5) is 0. The van der Waals surface area contributed by atoms with Crippen LogP contribution in [-0.4, -0.2) is 6.04 Å². The average Bonchev–Trinajstić information content (AvgIpc) is 2.03. The number of hydrogen-bond acceptors (Lipinski definition) is 1. The van der Waals surface area contributed by atoms with Gasteiger partial charge in [0.25, 0.3) is 0 Å².